The van der Waals surface area contributed by atoms with E-state index in [2.05, 4.69) is 12.0 Å². The molecule has 0 aromatic carbocycles. The number of ether oxygens (including phenoxy) is 6. The van der Waals surface area contributed by atoms with Crippen molar-refractivity contribution in [2.45, 2.75) is 109 Å². The molecule has 0 saturated carbocycles. The highest BCUT2D eigenvalue weighted by Crippen LogP contribution is 2.54. The topological polar surface area (TPSA) is 88.1 Å². The second-order valence-corrected chi connectivity index (χ2v) is 9.38. The molecule has 9 heteroatoms. The lowest BCUT2D eigenvalue weighted by Gasteiger charge is -2.52. The molecular formula is C21H34N2O7. The Hall–Kier alpha value is -1.26. The van der Waals surface area contributed by atoms with Crippen LogP contribution in [0, 0.1) is 0 Å². The third-order valence-corrected chi connectivity index (χ3v) is 5.96. The number of carbonyl (C=O) groups excluding carboxylic acids is 1. The minimum absolute atomic E-state index is 0.0788. The van der Waals surface area contributed by atoms with Crippen molar-refractivity contribution in [3.63, 3.8) is 0 Å². The molecule has 4 aliphatic rings. The van der Waals surface area contributed by atoms with Gasteiger partial charge in [-0.1, -0.05) is 26.2 Å². The molecule has 0 unspecified atom stereocenters. The molecule has 4 atom stereocenters. The van der Waals surface area contributed by atoms with Crippen LogP contribution in [0.5, 0.6) is 0 Å². The summed E-state index contributed by atoms with van der Waals surface area (Å²) < 4.78 is 37.3. The van der Waals surface area contributed by atoms with E-state index in [4.69, 9.17) is 28.4 Å². The van der Waals surface area contributed by atoms with Crippen molar-refractivity contribution in [3.05, 3.63) is 0 Å². The maximum absolute atomic E-state index is 12.8. The monoisotopic (exact) mass is 426 g/mol. The van der Waals surface area contributed by atoms with Gasteiger partial charge in [-0.2, -0.15) is 5.01 Å². The van der Waals surface area contributed by atoms with Crippen LogP contribution in [0.1, 0.15) is 73.6 Å². The number of fused-ring (bicyclic) bond motifs is 3. The average molecular weight is 427 g/mol. The van der Waals surface area contributed by atoms with Crippen molar-refractivity contribution in [1.82, 2.24) is 5.01 Å². The highest BCUT2D eigenvalue weighted by molar-refractivity contribution is 5.83. The number of hydrogen-bond acceptors (Lipinski definition) is 8. The molecule has 0 aliphatic carbocycles. The third-order valence-electron chi connectivity index (χ3n) is 5.96. The van der Waals surface area contributed by atoms with Gasteiger partial charge in [0.2, 0.25) is 11.8 Å². The molecule has 3 fully saturated rings. The molecule has 2 spiro atoms. The Bertz CT molecular complexity index is 722. The first-order valence-electron chi connectivity index (χ1n) is 11.0. The van der Waals surface area contributed by atoms with Crippen LogP contribution in [0.2, 0.25) is 0 Å². The summed E-state index contributed by atoms with van der Waals surface area (Å²) >= 11 is 0. The van der Waals surface area contributed by atoms with Crippen molar-refractivity contribution in [3.8, 4) is 0 Å². The van der Waals surface area contributed by atoms with Gasteiger partial charge in [-0.05, 0) is 34.1 Å². The SMILES string of the molecule is CCCCCCC1=NN(C(C)=O)[C@]2(O1)[C@@H]1OC(C)(C)O[C@@H]1CO[C@]21COC(C)(C)O1. The van der Waals surface area contributed by atoms with Gasteiger partial charge < -0.3 is 28.4 Å². The lowest BCUT2D eigenvalue weighted by atomic mass is 9.88. The minimum Gasteiger partial charge on any atom is -0.442 e. The predicted octanol–water partition coefficient (Wildman–Crippen LogP) is 2.87. The standard InChI is InChI=1S/C21H34N2O7/c1-7-8-9-10-11-16-22-23(14(2)24)21(28-16)17-15(27-19(5,6)29-17)12-25-20(21)13-26-18(3,4)30-20/h15,17H,7-13H2,1-6H3/t15-,17-,20+,21+/m1/s1. The molecule has 30 heavy (non-hydrogen) atoms. The Morgan fingerprint density at radius 1 is 1.10 bits per heavy atom. The Morgan fingerprint density at radius 3 is 2.50 bits per heavy atom. The molecule has 9 nitrogen and oxygen atoms in total. The van der Waals surface area contributed by atoms with Crippen molar-refractivity contribution >= 4 is 11.8 Å². The van der Waals surface area contributed by atoms with Gasteiger partial charge in [-0.25, -0.2) is 0 Å². The van der Waals surface area contributed by atoms with Crippen LogP contribution < -0.4 is 0 Å². The lowest BCUT2D eigenvalue weighted by Crippen LogP contribution is -2.76. The van der Waals surface area contributed by atoms with E-state index in [0.717, 1.165) is 25.7 Å². The average Bonchev–Trinajstić information content (AvgIpc) is 3.28. The van der Waals surface area contributed by atoms with Gasteiger partial charge in [0.15, 0.2) is 17.7 Å². The Kier molecular flexibility index (Phi) is 5.42. The zero-order valence-corrected chi connectivity index (χ0v) is 18.9. The lowest BCUT2D eigenvalue weighted by molar-refractivity contribution is -0.386. The van der Waals surface area contributed by atoms with E-state index in [9.17, 15) is 4.79 Å². The Morgan fingerprint density at radius 2 is 1.87 bits per heavy atom. The quantitative estimate of drug-likeness (QED) is 0.625. The number of nitrogens with zero attached hydrogens (tertiary/aromatic N) is 2. The number of hydrazone groups is 1. The van der Waals surface area contributed by atoms with Gasteiger partial charge in [-0.3, -0.25) is 4.79 Å². The van der Waals surface area contributed by atoms with E-state index in [-0.39, 0.29) is 19.1 Å². The van der Waals surface area contributed by atoms with E-state index < -0.39 is 35.3 Å². The summed E-state index contributed by atoms with van der Waals surface area (Å²) in [7, 11) is 0. The van der Waals surface area contributed by atoms with Gasteiger partial charge in [0.05, 0.1) is 6.61 Å². The first kappa shape index (κ1) is 22.0. The number of hydrogen-bond donors (Lipinski definition) is 0. The van der Waals surface area contributed by atoms with E-state index in [1.807, 2.05) is 13.8 Å². The Labute approximate surface area is 177 Å². The van der Waals surface area contributed by atoms with Crippen molar-refractivity contribution in [1.29, 1.82) is 0 Å². The number of rotatable bonds is 5. The van der Waals surface area contributed by atoms with Crippen molar-refractivity contribution in [2.24, 2.45) is 5.10 Å². The fraction of sp³-hybridized carbons (Fsp3) is 0.905. The van der Waals surface area contributed by atoms with Gasteiger partial charge in [0.25, 0.3) is 11.5 Å². The van der Waals surface area contributed by atoms with E-state index in [1.54, 1.807) is 13.8 Å². The first-order chi connectivity index (χ1) is 14.0. The van der Waals surface area contributed by atoms with Crippen molar-refractivity contribution < 1.29 is 33.2 Å². The molecule has 4 rings (SSSR count). The van der Waals surface area contributed by atoms with Crippen LogP contribution in [0.4, 0.5) is 0 Å². The first-order valence-corrected chi connectivity index (χ1v) is 11.0. The molecule has 170 valence electrons. The fourth-order valence-corrected chi connectivity index (χ4v) is 4.75. The summed E-state index contributed by atoms with van der Waals surface area (Å²) in [6.45, 7) is 11.2. The molecule has 1 amide bonds. The normalized spacial score (nSPS) is 38.7. The van der Waals surface area contributed by atoms with Crippen molar-refractivity contribution in [2.75, 3.05) is 13.2 Å². The van der Waals surface area contributed by atoms with Gasteiger partial charge >= 0.3 is 0 Å². The van der Waals surface area contributed by atoms with E-state index >= 15 is 0 Å². The minimum atomic E-state index is -1.47. The molecular weight excluding hydrogens is 392 g/mol. The maximum atomic E-state index is 12.8. The van der Waals surface area contributed by atoms with E-state index in [1.165, 1.54) is 11.9 Å². The number of amides is 1. The molecule has 0 N–H and O–H groups in total. The molecule has 4 aliphatic heterocycles. The molecule has 3 saturated heterocycles. The van der Waals surface area contributed by atoms with E-state index in [0.29, 0.717) is 12.3 Å². The summed E-state index contributed by atoms with van der Waals surface area (Å²) in [4.78, 5) is 12.8. The molecule has 0 bridgehead atoms. The molecule has 0 aromatic rings. The zero-order chi connectivity index (χ0) is 21.8. The van der Waals surface area contributed by atoms with Crippen LogP contribution in [0.15, 0.2) is 5.10 Å². The zero-order valence-electron chi connectivity index (χ0n) is 18.9. The van der Waals surface area contributed by atoms with Gasteiger partial charge in [-0.15, -0.1) is 5.10 Å². The number of unbranched alkanes of at least 4 members (excludes halogenated alkanes) is 3. The number of carbonyl (C=O) groups is 1. The van der Waals surface area contributed by atoms with Crippen LogP contribution in [-0.4, -0.2) is 65.3 Å². The second-order valence-electron chi connectivity index (χ2n) is 9.38. The van der Waals surface area contributed by atoms with Crippen LogP contribution in [-0.2, 0) is 33.2 Å². The maximum Gasteiger partial charge on any atom is 0.291 e. The summed E-state index contributed by atoms with van der Waals surface area (Å²) in [5.41, 5.74) is -1.47. The summed E-state index contributed by atoms with van der Waals surface area (Å²) in [5.74, 6) is -2.97. The smallest absolute Gasteiger partial charge is 0.291 e. The van der Waals surface area contributed by atoms with Crippen LogP contribution in [0.3, 0.4) is 0 Å². The third kappa shape index (κ3) is 3.44. The highest BCUT2D eigenvalue weighted by atomic mass is 16.9. The Balaban J connectivity index is 1.72. The molecule has 0 aromatic heterocycles. The summed E-state index contributed by atoms with van der Waals surface area (Å²) in [6, 6.07) is 0. The van der Waals surface area contributed by atoms with Gasteiger partial charge in [0.1, 0.15) is 12.7 Å². The van der Waals surface area contributed by atoms with Crippen LogP contribution >= 0.6 is 0 Å². The molecule has 4 heterocycles. The van der Waals surface area contributed by atoms with Gasteiger partial charge in [0, 0.05) is 13.3 Å². The summed E-state index contributed by atoms with van der Waals surface area (Å²) in [5, 5.41) is 5.89. The van der Waals surface area contributed by atoms with Crippen LogP contribution in [0.25, 0.3) is 0 Å². The highest BCUT2D eigenvalue weighted by Gasteiger charge is 2.78. The second kappa shape index (κ2) is 7.41. The summed E-state index contributed by atoms with van der Waals surface area (Å²) in [6.07, 6.45) is 3.80. The largest absolute Gasteiger partial charge is 0.442 e. The predicted molar refractivity (Wildman–Crippen MR) is 106 cm³/mol. The fourth-order valence-electron chi connectivity index (χ4n) is 4.75. The molecule has 0 radical (unpaired) electrons.